The molecular formula is C21H21N3O2. The number of hydrazine groups is 1. The first-order chi connectivity index (χ1) is 12.5. The van der Waals surface area contributed by atoms with Crippen molar-refractivity contribution in [1.29, 1.82) is 0 Å². The smallest absolute Gasteiger partial charge is 0.270 e. The van der Waals surface area contributed by atoms with Crippen molar-refractivity contribution in [2.24, 2.45) is 0 Å². The van der Waals surface area contributed by atoms with E-state index < -0.39 is 0 Å². The van der Waals surface area contributed by atoms with Gasteiger partial charge in [-0.25, -0.2) is 0 Å². The fraction of sp³-hybridized carbons (Fsp3) is 0.143. The van der Waals surface area contributed by atoms with Gasteiger partial charge in [0.2, 0.25) is 0 Å². The molecule has 2 amide bonds. The Hall–Kier alpha value is -3.34. The van der Waals surface area contributed by atoms with E-state index in [9.17, 15) is 9.59 Å². The van der Waals surface area contributed by atoms with E-state index in [0.29, 0.717) is 5.56 Å². The van der Waals surface area contributed by atoms with Crippen LogP contribution >= 0.6 is 0 Å². The van der Waals surface area contributed by atoms with Crippen LogP contribution in [0.25, 0.3) is 10.8 Å². The minimum absolute atomic E-state index is 0.0692. The van der Waals surface area contributed by atoms with Gasteiger partial charge < -0.3 is 5.32 Å². The summed E-state index contributed by atoms with van der Waals surface area (Å²) >= 11 is 0. The average molecular weight is 347 g/mol. The van der Waals surface area contributed by atoms with Gasteiger partial charge >= 0.3 is 0 Å². The monoisotopic (exact) mass is 347 g/mol. The second-order valence-corrected chi connectivity index (χ2v) is 6.20. The molecule has 0 saturated heterocycles. The van der Waals surface area contributed by atoms with E-state index in [0.717, 1.165) is 22.0 Å². The highest BCUT2D eigenvalue weighted by Crippen LogP contribution is 2.18. The number of benzene rings is 3. The number of anilines is 1. The quantitative estimate of drug-likeness (QED) is 0.634. The topological polar surface area (TPSA) is 70.2 Å². The molecule has 5 nitrogen and oxygen atoms in total. The van der Waals surface area contributed by atoms with Crippen molar-refractivity contribution in [2.75, 3.05) is 11.9 Å². The highest BCUT2D eigenvalue weighted by Gasteiger charge is 2.10. The third-order valence-electron chi connectivity index (χ3n) is 4.17. The molecule has 0 unspecified atom stereocenters. The van der Waals surface area contributed by atoms with Gasteiger partial charge in [0.15, 0.2) is 0 Å². The van der Waals surface area contributed by atoms with Crippen molar-refractivity contribution in [3.8, 4) is 0 Å². The van der Waals surface area contributed by atoms with Crippen LogP contribution in [0, 0.1) is 13.8 Å². The Balaban J connectivity index is 1.58. The lowest BCUT2D eigenvalue weighted by Crippen LogP contribution is -2.44. The lowest BCUT2D eigenvalue weighted by Gasteiger charge is -2.12. The van der Waals surface area contributed by atoms with Crippen molar-refractivity contribution in [3.63, 3.8) is 0 Å². The van der Waals surface area contributed by atoms with Crippen LogP contribution in [0.4, 0.5) is 5.69 Å². The summed E-state index contributed by atoms with van der Waals surface area (Å²) in [6.45, 7) is 4.07. The summed E-state index contributed by atoms with van der Waals surface area (Å²) in [5.74, 6) is -0.666. The van der Waals surface area contributed by atoms with Gasteiger partial charge in [0.05, 0.1) is 6.54 Å². The van der Waals surface area contributed by atoms with Gasteiger partial charge in [-0.1, -0.05) is 54.1 Å². The highest BCUT2D eigenvalue weighted by molar-refractivity contribution is 6.07. The first-order valence-corrected chi connectivity index (χ1v) is 8.42. The molecule has 0 radical (unpaired) electrons. The minimum Gasteiger partial charge on any atom is -0.376 e. The van der Waals surface area contributed by atoms with Crippen LogP contribution in [0.3, 0.4) is 0 Å². The van der Waals surface area contributed by atoms with Crippen molar-refractivity contribution in [1.82, 2.24) is 10.9 Å². The standard InChI is InChI=1S/C21H21N3O2/c1-14-10-11-19(15(2)12-14)22-13-20(25)23-24-21(26)18-9-5-7-16-6-3-4-8-17(16)18/h3-12,22H,13H2,1-2H3,(H,23,25)(H,24,26). The molecule has 0 aromatic heterocycles. The number of carbonyl (C=O) groups is 2. The van der Waals surface area contributed by atoms with Gasteiger partial charge in [-0.2, -0.15) is 0 Å². The van der Waals surface area contributed by atoms with Crippen molar-refractivity contribution in [2.45, 2.75) is 13.8 Å². The van der Waals surface area contributed by atoms with Crippen LogP contribution < -0.4 is 16.2 Å². The molecule has 3 aromatic carbocycles. The van der Waals surface area contributed by atoms with Gasteiger partial charge in [0.1, 0.15) is 0 Å². The van der Waals surface area contributed by atoms with Crippen LogP contribution in [0.1, 0.15) is 21.5 Å². The molecule has 0 aliphatic rings. The molecule has 0 aliphatic carbocycles. The Kier molecular flexibility index (Phi) is 5.17. The maximum absolute atomic E-state index is 12.4. The molecule has 0 spiro atoms. The molecule has 3 aromatic rings. The van der Waals surface area contributed by atoms with E-state index in [-0.39, 0.29) is 18.4 Å². The predicted molar refractivity (Wildman–Crippen MR) is 104 cm³/mol. The summed E-state index contributed by atoms with van der Waals surface area (Å²) in [7, 11) is 0. The summed E-state index contributed by atoms with van der Waals surface area (Å²) in [4.78, 5) is 24.4. The van der Waals surface area contributed by atoms with Gasteiger partial charge in [0, 0.05) is 11.3 Å². The summed E-state index contributed by atoms with van der Waals surface area (Å²) in [6, 6.07) is 19.1. The Labute approximate surface area is 152 Å². The van der Waals surface area contributed by atoms with E-state index in [4.69, 9.17) is 0 Å². The summed E-state index contributed by atoms with van der Waals surface area (Å²) in [5.41, 5.74) is 8.57. The second-order valence-electron chi connectivity index (χ2n) is 6.20. The van der Waals surface area contributed by atoms with Gasteiger partial charge in [-0.3, -0.25) is 20.4 Å². The SMILES string of the molecule is Cc1ccc(NCC(=O)NNC(=O)c2cccc3ccccc23)c(C)c1. The molecule has 0 saturated carbocycles. The molecule has 0 atom stereocenters. The molecule has 26 heavy (non-hydrogen) atoms. The number of aryl methyl sites for hydroxylation is 2. The maximum Gasteiger partial charge on any atom is 0.270 e. The molecule has 3 N–H and O–H groups in total. The van der Waals surface area contributed by atoms with Crippen LogP contribution in [-0.4, -0.2) is 18.4 Å². The lowest BCUT2D eigenvalue weighted by atomic mass is 10.0. The number of hydrogen-bond donors (Lipinski definition) is 3. The summed E-state index contributed by atoms with van der Waals surface area (Å²) in [5, 5.41) is 4.89. The molecule has 0 heterocycles. The predicted octanol–water partition coefficient (Wildman–Crippen LogP) is 3.33. The normalized spacial score (nSPS) is 10.4. The zero-order chi connectivity index (χ0) is 18.5. The van der Waals surface area contributed by atoms with Crippen LogP contribution in [0.5, 0.6) is 0 Å². The third-order valence-corrected chi connectivity index (χ3v) is 4.17. The van der Waals surface area contributed by atoms with E-state index in [1.54, 1.807) is 6.07 Å². The number of rotatable bonds is 4. The fourth-order valence-electron chi connectivity index (χ4n) is 2.85. The molecule has 0 bridgehead atoms. The molecule has 3 rings (SSSR count). The van der Waals surface area contributed by atoms with E-state index in [1.807, 2.05) is 68.4 Å². The van der Waals surface area contributed by atoms with Crippen molar-refractivity contribution >= 4 is 28.3 Å². The van der Waals surface area contributed by atoms with Crippen molar-refractivity contribution in [3.05, 3.63) is 77.4 Å². The number of hydrogen-bond acceptors (Lipinski definition) is 3. The van der Waals surface area contributed by atoms with Crippen LogP contribution in [0.15, 0.2) is 60.7 Å². The molecule has 0 aliphatic heterocycles. The highest BCUT2D eigenvalue weighted by atomic mass is 16.2. The second kappa shape index (κ2) is 7.70. The van der Waals surface area contributed by atoms with E-state index >= 15 is 0 Å². The fourth-order valence-corrected chi connectivity index (χ4v) is 2.85. The molecular weight excluding hydrogens is 326 g/mol. The lowest BCUT2D eigenvalue weighted by molar-refractivity contribution is -0.120. The number of carbonyl (C=O) groups excluding carboxylic acids is 2. The molecule has 0 fully saturated rings. The van der Waals surface area contributed by atoms with Crippen molar-refractivity contribution < 1.29 is 9.59 Å². The van der Waals surface area contributed by atoms with E-state index in [1.165, 1.54) is 5.56 Å². The minimum atomic E-state index is -0.346. The van der Waals surface area contributed by atoms with Gasteiger partial charge in [-0.05, 0) is 42.3 Å². The van der Waals surface area contributed by atoms with Crippen LogP contribution in [-0.2, 0) is 4.79 Å². The summed E-state index contributed by atoms with van der Waals surface area (Å²) in [6.07, 6.45) is 0. The van der Waals surface area contributed by atoms with Crippen LogP contribution in [0.2, 0.25) is 0 Å². The molecule has 132 valence electrons. The zero-order valence-electron chi connectivity index (χ0n) is 14.8. The number of nitrogens with one attached hydrogen (secondary N) is 3. The maximum atomic E-state index is 12.4. The Morgan fingerprint density at radius 1 is 0.885 bits per heavy atom. The van der Waals surface area contributed by atoms with Gasteiger partial charge in [-0.15, -0.1) is 0 Å². The largest absolute Gasteiger partial charge is 0.376 e. The third kappa shape index (κ3) is 4.00. The number of amides is 2. The van der Waals surface area contributed by atoms with Gasteiger partial charge in [0.25, 0.3) is 11.8 Å². The Morgan fingerprint density at radius 2 is 1.65 bits per heavy atom. The first kappa shape index (κ1) is 17.5. The average Bonchev–Trinajstić information content (AvgIpc) is 2.65. The first-order valence-electron chi connectivity index (χ1n) is 8.42. The number of fused-ring (bicyclic) bond motifs is 1. The Morgan fingerprint density at radius 3 is 2.46 bits per heavy atom. The zero-order valence-corrected chi connectivity index (χ0v) is 14.8. The molecule has 5 heteroatoms. The van der Waals surface area contributed by atoms with E-state index in [2.05, 4.69) is 16.2 Å². The summed E-state index contributed by atoms with van der Waals surface area (Å²) < 4.78 is 0. The Bertz CT molecular complexity index is 961.